The average molecular weight is 287 g/mol. The van der Waals surface area contributed by atoms with Crippen LogP contribution < -0.4 is 4.39 Å². The standard InChI is InChI=1S/C11H17NO4SSi/c1-16-11(13)9-5-7-10(8-6-9)17(14,15)12-18(2,3)4/h5-8,12H,1-4H3. The summed E-state index contributed by atoms with van der Waals surface area (Å²) in [6, 6.07) is 5.67. The van der Waals surface area contributed by atoms with Crippen molar-refractivity contribution in [2.24, 2.45) is 0 Å². The second kappa shape index (κ2) is 5.21. The van der Waals surface area contributed by atoms with Gasteiger partial charge < -0.3 is 4.74 Å². The van der Waals surface area contributed by atoms with Gasteiger partial charge in [-0.05, 0) is 24.3 Å². The van der Waals surface area contributed by atoms with Crippen LogP contribution in [0.3, 0.4) is 0 Å². The van der Waals surface area contributed by atoms with Crippen molar-refractivity contribution in [3.63, 3.8) is 0 Å². The molecular formula is C11H17NO4SSi. The third-order valence-corrected chi connectivity index (χ3v) is 6.44. The molecule has 7 heteroatoms. The van der Waals surface area contributed by atoms with Crippen LogP contribution in [0.15, 0.2) is 29.2 Å². The third kappa shape index (κ3) is 3.93. The number of nitrogens with one attached hydrogen (secondary N) is 1. The number of hydrogen-bond donors (Lipinski definition) is 1. The van der Waals surface area contributed by atoms with Crippen molar-refractivity contribution in [1.82, 2.24) is 4.39 Å². The molecule has 5 nitrogen and oxygen atoms in total. The van der Waals surface area contributed by atoms with Gasteiger partial charge in [0.25, 0.3) is 0 Å². The van der Waals surface area contributed by atoms with Gasteiger partial charge in [0.15, 0.2) is 0 Å². The largest absolute Gasteiger partial charge is 0.465 e. The minimum absolute atomic E-state index is 0.151. The summed E-state index contributed by atoms with van der Waals surface area (Å²) in [6.07, 6.45) is 0. The number of benzene rings is 1. The molecule has 0 aliphatic rings. The summed E-state index contributed by atoms with van der Waals surface area (Å²) in [5.74, 6) is -0.489. The van der Waals surface area contributed by atoms with Crippen LogP contribution >= 0.6 is 0 Å². The maximum atomic E-state index is 12.0. The number of sulfonamides is 1. The summed E-state index contributed by atoms with van der Waals surface area (Å²) in [6.45, 7) is 5.69. The Morgan fingerprint density at radius 2 is 1.67 bits per heavy atom. The highest BCUT2D eigenvalue weighted by Crippen LogP contribution is 2.13. The molecule has 0 aliphatic carbocycles. The molecule has 0 heterocycles. The highest BCUT2D eigenvalue weighted by molar-refractivity contribution is 7.91. The number of carbonyl (C=O) groups excluding carboxylic acids is 1. The van der Waals surface area contributed by atoms with Crippen LogP contribution in [0.5, 0.6) is 0 Å². The molecule has 0 aromatic heterocycles. The average Bonchev–Trinajstić information content (AvgIpc) is 2.25. The number of rotatable bonds is 4. The maximum Gasteiger partial charge on any atom is 0.337 e. The topological polar surface area (TPSA) is 72.5 Å². The van der Waals surface area contributed by atoms with Crippen molar-refractivity contribution in [2.45, 2.75) is 24.5 Å². The Morgan fingerprint density at radius 3 is 2.06 bits per heavy atom. The molecular weight excluding hydrogens is 270 g/mol. The first-order chi connectivity index (χ1) is 8.15. The van der Waals surface area contributed by atoms with E-state index in [2.05, 4.69) is 9.12 Å². The van der Waals surface area contributed by atoms with Crippen LogP contribution in [0.4, 0.5) is 0 Å². The van der Waals surface area contributed by atoms with E-state index >= 15 is 0 Å². The molecule has 0 saturated carbocycles. The highest BCUT2D eigenvalue weighted by Gasteiger charge is 2.23. The van der Waals surface area contributed by atoms with E-state index < -0.39 is 24.2 Å². The lowest BCUT2D eigenvalue weighted by molar-refractivity contribution is 0.0600. The molecule has 0 radical (unpaired) electrons. The Morgan fingerprint density at radius 1 is 1.17 bits per heavy atom. The van der Waals surface area contributed by atoms with Crippen molar-refractivity contribution in [3.8, 4) is 0 Å². The second-order valence-electron chi connectivity index (χ2n) is 4.87. The first-order valence-electron chi connectivity index (χ1n) is 5.38. The van der Waals surface area contributed by atoms with Gasteiger partial charge >= 0.3 is 5.97 Å². The SMILES string of the molecule is COC(=O)c1ccc(S(=O)(=O)N[Si](C)(C)C)cc1. The van der Waals surface area contributed by atoms with Crippen molar-refractivity contribution in [1.29, 1.82) is 0 Å². The summed E-state index contributed by atoms with van der Waals surface area (Å²) < 4.78 is 31.2. The fraction of sp³-hybridized carbons (Fsp3) is 0.364. The van der Waals surface area contributed by atoms with Gasteiger partial charge in [0, 0.05) is 0 Å². The maximum absolute atomic E-state index is 12.0. The Balaban J connectivity index is 3.02. The van der Waals surface area contributed by atoms with E-state index in [1.807, 2.05) is 19.6 Å². The first kappa shape index (κ1) is 14.9. The summed E-state index contributed by atoms with van der Waals surface area (Å²) in [5.41, 5.74) is 0.324. The normalized spacial score (nSPS) is 12.2. The van der Waals surface area contributed by atoms with E-state index in [1.165, 1.54) is 31.4 Å². The number of ether oxygens (including phenoxy) is 1. The zero-order valence-electron chi connectivity index (χ0n) is 10.9. The first-order valence-corrected chi connectivity index (χ1v) is 10.4. The van der Waals surface area contributed by atoms with Crippen molar-refractivity contribution < 1.29 is 17.9 Å². The minimum Gasteiger partial charge on any atom is -0.465 e. The summed E-state index contributed by atoms with van der Waals surface area (Å²) in [5, 5.41) is 0. The number of methoxy groups -OCH3 is 1. The number of hydrogen-bond acceptors (Lipinski definition) is 4. The van der Waals surface area contributed by atoms with E-state index in [4.69, 9.17) is 0 Å². The summed E-state index contributed by atoms with van der Waals surface area (Å²) >= 11 is 0. The second-order valence-corrected chi connectivity index (χ2v) is 11.7. The molecule has 0 fully saturated rings. The molecule has 0 aliphatic heterocycles. The smallest absolute Gasteiger partial charge is 0.337 e. The van der Waals surface area contributed by atoms with Gasteiger partial charge in [-0.25, -0.2) is 17.6 Å². The van der Waals surface area contributed by atoms with Gasteiger partial charge in [0.1, 0.15) is 8.24 Å². The molecule has 18 heavy (non-hydrogen) atoms. The zero-order chi connectivity index (χ0) is 14.0. The number of esters is 1. The molecule has 0 amide bonds. The summed E-state index contributed by atoms with van der Waals surface area (Å²) in [7, 11) is -4.18. The Kier molecular flexibility index (Phi) is 4.31. The quantitative estimate of drug-likeness (QED) is 0.674. The van der Waals surface area contributed by atoms with Crippen molar-refractivity contribution in [3.05, 3.63) is 29.8 Å². The van der Waals surface area contributed by atoms with Crippen LogP contribution in [0.1, 0.15) is 10.4 Å². The Labute approximate surface area is 108 Å². The molecule has 0 unspecified atom stereocenters. The van der Waals surface area contributed by atoms with E-state index in [0.717, 1.165) is 0 Å². The van der Waals surface area contributed by atoms with Gasteiger partial charge in [-0.3, -0.25) is 0 Å². The fourth-order valence-corrected chi connectivity index (χ4v) is 5.54. The van der Waals surface area contributed by atoms with Crippen LogP contribution in [0.2, 0.25) is 19.6 Å². The number of carbonyl (C=O) groups is 1. The molecule has 1 aromatic carbocycles. The van der Waals surface area contributed by atoms with Gasteiger partial charge in [0.05, 0.1) is 17.6 Å². The molecule has 1 rings (SSSR count). The van der Waals surface area contributed by atoms with E-state index in [9.17, 15) is 13.2 Å². The monoisotopic (exact) mass is 287 g/mol. The summed E-state index contributed by atoms with van der Waals surface area (Å²) in [4.78, 5) is 11.4. The Hall–Kier alpha value is -1.18. The molecule has 0 bridgehead atoms. The van der Waals surface area contributed by atoms with Crippen LogP contribution in [-0.2, 0) is 14.8 Å². The van der Waals surface area contributed by atoms with Gasteiger partial charge in [-0.15, -0.1) is 0 Å². The lowest BCUT2D eigenvalue weighted by Crippen LogP contribution is -2.45. The lowest BCUT2D eigenvalue weighted by atomic mass is 10.2. The predicted octanol–water partition coefficient (Wildman–Crippen LogP) is 1.59. The molecule has 1 aromatic rings. The highest BCUT2D eigenvalue weighted by atomic mass is 32.2. The minimum atomic E-state index is -3.51. The third-order valence-electron chi connectivity index (χ3n) is 2.03. The molecule has 0 saturated heterocycles. The van der Waals surface area contributed by atoms with E-state index in [-0.39, 0.29) is 4.90 Å². The van der Waals surface area contributed by atoms with Crippen molar-refractivity contribution >= 4 is 24.2 Å². The van der Waals surface area contributed by atoms with E-state index in [1.54, 1.807) is 0 Å². The van der Waals surface area contributed by atoms with Crippen LogP contribution in [-0.4, -0.2) is 29.7 Å². The van der Waals surface area contributed by atoms with Crippen LogP contribution in [0.25, 0.3) is 0 Å². The fourth-order valence-electron chi connectivity index (χ4n) is 1.35. The van der Waals surface area contributed by atoms with Gasteiger partial charge in [0.2, 0.25) is 10.0 Å². The predicted molar refractivity (Wildman–Crippen MR) is 71.4 cm³/mol. The lowest BCUT2D eigenvalue weighted by Gasteiger charge is -2.18. The molecule has 0 atom stereocenters. The van der Waals surface area contributed by atoms with Gasteiger partial charge in [-0.1, -0.05) is 19.6 Å². The zero-order valence-corrected chi connectivity index (χ0v) is 12.7. The Bertz CT molecular complexity index is 531. The van der Waals surface area contributed by atoms with Crippen LogP contribution in [0, 0.1) is 0 Å². The van der Waals surface area contributed by atoms with E-state index in [0.29, 0.717) is 5.56 Å². The molecule has 1 N–H and O–H groups in total. The van der Waals surface area contributed by atoms with Gasteiger partial charge in [-0.2, -0.15) is 0 Å². The van der Waals surface area contributed by atoms with Crippen molar-refractivity contribution in [2.75, 3.05) is 7.11 Å². The molecule has 100 valence electrons. The molecule has 0 spiro atoms.